The second-order valence-corrected chi connectivity index (χ2v) is 6.45. The van der Waals surface area contributed by atoms with Crippen molar-refractivity contribution in [2.24, 2.45) is 0 Å². The molecule has 1 aliphatic rings. The van der Waals surface area contributed by atoms with Crippen molar-refractivity contribution in [3.63, 3.8) is 0 Å². The van der Waals surface area contributed by atoms with E-state index in [2.05, 4.69) is 10.3 Å². The Balaban J connectivity index is 1.41. The summed E-state index contributed by atoms with van der Waals surface area (Å²) in [6.07, 6.45) is 3.08. The summed E-state index contributed by atoms with van der Waals surface area (Å²) in [5.41, 5.74) is 1.61. The quantitative estimate of drug-likeness (QED) is 0.894. The lowest BCUT2D eigenvalue weighted by atomic mass is 10.0. The lowest BCUT2D eigenvalue weighted by molar-refractivity contribution is -0.124. The van der Waals surface area contributed by atoms with Gasteiger partial charge in [0.2, 0.25) is 0 Å². The number of hydrogen-bond donors (Lipinski definition) is 1. The maximum atomic E-state index is 12.4. The number of hydrogen-bond acceptors (Lipinski definition) is 4. The molecule has 0 bridgehead atoms. The topological polar surface area (TPSA) is 71.5 Å². The second kappa shape index (κ2) is 8.47. The van der Waals surface area contributed by atoms with Crippen molar-refractivity contribution < 1.29 is 14.3 Å². The molecule has 1 aromatic carbocycles. The van der Waals surface area contributed by atoms with Gasteiger partial charge in [-0.2, -0.15) is 0 Å². The number of nitrogens with one attached hydrogen (secondary N) is 1. The Kier molecular flexibility index (Phi) is 5.84. The Labute approximate surface area is 153 Å². The number of benzene rings is 1. The molecule has 2 aromatic rings. The molecule has 136 valence electrons. The Hall–Kier alpha value is -2.89. The van der Waals surface area contributed by atoms with Crippen LogP contribution >= 0.6 is 0 Å². The standard InChI is InChI=1S/C20H23N3O3/c1-15-5-7-17(8-6-15)26-14-19(24)22-16-9-12-23(13-10-16)20(25)18-4-2-3-11-21-18/h2-8,11,16H,9-10,12-14H2,1H3,(H,22,24). The molecular formula is C20H23N3O3. The molecule has 1 N–H and O–H groups in total. The third-order valence-electron chi connectivity index (χ3n) is 4.42. The molecule has 1 aromatic heterocycles. The number of rotatable bonds is 5. The molecule has 0 radical (unpaired) electrons. The van der Waals surface area contributed by atoms with Crippen LogP contribution < -0.4 is 10.1 Å². The van der Waals surface area contributed by atoms with E-state index < -0.39 is 0 Å². The molecule has 2 amide bonds. The number of piperidine rings is 1. The Morgan fingerprint density at radius 1 is 1.15 bits per heavy atom. The van der Waals surface area contributed by atoms with Crippen molar-refractivity contribution in [1.29, 1.82) is 0 Å². The lowest BCUT2D eigenvalue weighted by Crippen LogP contribution is -2.47. The van der Waals surface area contributed by atoms with Gasteiger partial charge >= 0.3 is 0 Å². The van der Waals surface area contributed by atoms with E-state index in [1.165, 1.54) is 0 Å². The summed E-state index contributed by atoms with van der Waals surface area (Å²) in [4.78, 5) is 30.3. The Morgan fingerprint density at radius 3 is 2.54 bits per heavy atom. The highest BCUT2D eigenvalue weighted by molar-refractivity contribution is 5.92. The van der Waals surface area contributed by atoms with E-state index in [0.29, 0.717) is 24.5 Å². The van der Waals surface area contributed by atoms with Gasteiger partial charge in [-0.3, -0.25) is 14.6 Å². The minimum atomic E-state index is -0.139. The van der Waals surface area contributed by atoms with Crippen molar-refractivity contribution >= 4 is 11.8 Å². The van der Waals surface area contributed by atoms with Crippen LogP contribution in [0.4, 0.5) is 0 Å². The first-order valence-corrected chi connectivity index (χ1v) is 8.81. The van der Waals surface area contributed by atoms with Crippen LogP contribution in [-0.4, -0.2) is 47.4 Å². The van der Waals surface area contributed by atoms with E-state index in [1.54, 1.807) is 29.3 Å². The minimum absolute atomic E-state index is 0.00383. The molecule has 3 rings (SSSR count). The average Bonchev–Trinajstić information content (AvgIpc) is 2.68. The van der Waals surface area contributed by atoms with Crippen LogP contribution in [0.3, 0.4) is 0 Å². The van der Waals surface area contributed by atoms with Gasteiger partial charge in [-0.25, -0.2) is 0 Å². The molecule has 1 saturated heterocycles. The molecule has 6 nitrogen and oxygen atoms in total. The molecule has 1 aliphatic heterocycles. The highest BCUT2D eigenvalue weighted by atomic mass is 16.5. The van der Waals surface area contributed by atoms with E-state index in [-0.39, 0.29) is 24.5 Å². The smallest absolute Gasteiger partial charge is 0.272 e. The van der Waals surface area contributed by atoms with Crippen LogP contribution in [-0.2, 0) is 4.79 Å². The second-order valence-electron chi connectivity index (χ2n) is 6.45. The third kappa shape index (κ3) is 4.81. The molecule has 26 heavy (non-hydrogen) atoms. The predicted molar refractivity (Wildman–Crippen MR) is 98.0 cm³/mol. The first kappa shape index (κ1) is 17.9. The summed E-state index contributed by atoms with van der Waals surface area (Å²) < 4.78 is 5.50. The zero-order valence-corrected chi connectivity index (χ0v) is 14.9. The highest BCUT2D eigenvalue weighted by Gasteiger charge is 2.25. The number of carbonyl (C=O) groups excluding carboxylic acids is 2. The highest BCUT2D eigenvalue weighted by Crippen LogP contribution is 2.14. The summed E-state index contributed by atoms with van der Waals surface area (Å²) in [7, 11) is 0. The fourth-order valence-electron chi connectivity index (χ4n) is 2.93. The van der Waals surface area contributed by atoms with Crippen molar-refractivity contribution in [2.75, 3.05) is 19.7 Å². The van der Waals surface area contributed by atoms with Gasteiger partial charge in [0, 0.05) is 25.3 Å². The lowest BCUT2D eigenvalue weighted by Gasteiger charge is -2.32. The molecule has 1 fully saturated rings. The zero-order valence-electron chi connectivity index (χ0n) is 14.9. The molecule has 0 atom stereocenters. The van der Waals surface area contributed by atoms with Crippen molar-refractivity contribution in [2.45, 2.75) is 25.8 Å². The van der Waals surface area contributed by atoms with Gasteiger partial charge in [0.1, 0.15) is 11.4 Å². The van der Waals surface area contributed by atoms with Crippen molar-refractivity contribution in [3.8, 4) is 5.75 Å². The average molecular weight is 353 g/mol. The number of nitrogens with zero attached hydrogens (tertiary/aromatic N) is 2. The van der Waals surface area contributed by atoms with Crippen molar-refractivity contribution in [3.05, 3.63) is 59.9 Å². The minimum Gasteiger partial charge on any atom is -0.484 e. The van der Waals surface area contributed by atoms with Gasteiger partial charge in [-0.1, -0.05) is 23.8 Å². The summed E-state index contributed by atoms with van der Waals surface area (Å²) in [5, 5.41) is 2.98. The van der Waals surface area contributed by atoms with Gasteiger partial charge in [0.05, 0.1) is 0 Å². The monoisotopic (exact) mass is 353 g/mol. The van der Waals surface area contributed by atoms with Gasteiger partial charge < -0.3 is 15.0 Å². The van der Waals surface area contributed by atoms with Crippen LogP contribution in [0.1, 0.15) is 28.9 Å². The maximum Gasteiger partial charge on any atom is 0.272 e. The van der Waals surface area contributed by atoms with Crippen molar-refractivity contribution in [1.82, 2.24) is 15.2 Å². The summed E-state index contributed by atoms with van der Waals surface area (Å²) >= 11 is 0. The van der Waals surface area contributed by atoms with Gasteiger partial charge in [0.25, 0.3) is 11.8 Å². The van der Waals surface area contributed by atoms with E-state index in [9.17, 15) is 9.59 Å². The number of carbonyl (C=O) groups is 2. The SMILES string of the molecule is Cc1ccc(OCC(=O)NC2CCN(C(=O)c3ccccn3)CC2)cc1. The molecule has 0 spiro atoms. The summed E-state index contributed by atoms with van der Waals surface area (Å²) in [6, 6.07) is 13.0. The first-order chi connectivity index (χ1) is 12.6. The molecule has 6 heteroatoms. The Bertz CT molecular complexity index is 739. The number of likely N-dealkylation sites (tertiary alicyclic amines) is 1. The molecule has 2 heterocycles. The van der Waals surface area contributed by atoms with Crippen LogP contribution in [0, 0.1) is 6.92 Å². The summed E-state index contributed by atoms with van der Waals surface area (Å²) in [5.74, 6) is 0.486. The zero-order chi connectivity index (χ0) is 18.4. The van der Waals surface area contributed by atoms with Gasteiger partial charge in [-0.15, -0.1) is 0 Å². The normalized spacial score (nSPS) is 14.7. The fraction of sp³-hybridized carbons (Fsp3) is 0.350. The van der Waals surface area contributed by atoms with E-state index >= 15 is 0 Å². The molecule has 0 saturated carbocycles. The largest absolute Gasteiger partial charge is 0.484 e. The number of aromatic nitrogens is 1. The number of amides is 2. The number of ether oxygens (including phenoxy) is 1. The fourth-order valence-corrected chi connectivity index (χ4v) is 2.93. The van der Waals surface area contributed by atoms with Gasteiger partial charge in [-0.05, 0) is 44.0 Å². The van der Waals surface area contributed by atoms with E-state index in [0.717, 1.165) is 18.4 Å². The molecule has 0 aliphatic carbocycles. The predicted octanol–water partition coefficient (Wildman–Crippen LogP) is 2.19. The molecular weight excluding hydrogens is 330 g/mol. The molecule has 0 unspecified atom stereocenters. The van der Waals surface area contributed by atoms with Gasteiger partial charge in [0.15, 0.2) is 6.61 Å². The first-order valence-electron chi connectivity index (χ1n) is 8.81. The number of pyridine rings is 1. The number of aryl methyl sites for hydroxylation is 1. The van der Waals surface area contributed by atoms with Crippen LogP contribution in [0.25, 0.3) is 0 Å². The maximum absolute atomic E-state index is 12.4. The third-order valence-corrected chi connectivity index (χ3v) is 4.42. The summed E-state index contributed by atoms with van der Waals surface area (Å²) in [6.45, 7) is 3.22. The van der Waals surface area contributed by atoms with Crippen LogP contribution in [0.5, 0.6) is 5.75 Å². The Morgan fingerprint density at radius 2 is 1.88 bits per heavy atom. The van der Waals surface area contributed by atoms with E-state index in [4.69, 9.17) is 4.74 Å². The van der Waals surface area contributed by atoms with Crippen LogP contribution in [0.15, 0.2) is 48.7 Å². The van der Waals surface area contributed by atoms with Crippen LogP contribution in [0.2, 0.25) is 0 Å². The van der Waals surface area contributed by atoms with E-state index in [1.807, 2.05) is 31.2 Å².